The second-order valence-electron chi connectivity index (χ2n) is 4.98. The van der Waals surface area contributed by atoms with Crippen LogP contribution in [0.5, 0.6) is 0 Å². The molecule has 0 aliphatic carbocycles. The minimum atomic E-state index is -0.822. The monoisotopic (exact) mass is 231 g/mol. The Labute approximate surface area is 95.9 Å². The van der Waals surface area contributed by atoms with Crippen molar-refractivity contribution in [3.63, 3.8) is 0 Å². The Balaban J connectivity index is 4.67. The fraction of sp³-hybridized carbons (Fsp3) is 0.800. The van der Waals surface area contributed by atoms with Gasteiger partial charge in [0, 0.05) is 0 Å². The summed E-state index contributed by atoms with van der Waals surface area (Å²) in [4.78, 5) is 27.5. The van der Waals surface area contributed by atoms with E-state index >= 15 is 0 Å². The molecule has 16 heavy (non-hydrogen) atoms. The summed E-state index contributed by atoms with van der Waals surface area (Å²) in [5, 5.41) is 0.831. The fourth-order valence-electron chi connectivity index (χ4n) is 0.935. The summed E-state index contributed by atoms with van der Waals surface area (Å²) in [6, 6.07) is -1.60. The summed E-state index contributed by atoms with van der Waals surface area (Å²) in [5.74, 6) is -0.731. The second-order valence-corrected chi connectivity index (χ2v) is 4.98. The van der Waals surface area contributed by atoms with Crippen molar-refractivity contribution in [3.05, 3.63) is 0 Å². The largest absolute Gasteiger partial charge is 0.349 e. The topological polar surface area (TPSA) is 98.7 Å². The highest BCUT2D eigenvalue weighted by molar-refractivity contribution is 5.79. The molecule has 0 aliphatic heterocycles. The lowest BCUT2D eigenvalue weighted by Crippen LogP contribution is -2.52. The van der Waals surface area contributed by atoms with Gasteiger partial charge >= 0.3 is 12.0 Å². The molecule has 2 amide bonds. The standard InChI is InChI=1S/C10H21N3O3/c1-6(2)7(11)8(14)16-13(9(12)15)10(3,4)5/h6-7H,11H2,1-5H3,(H2,12,15)/t7-/m0/s1. The molecule has 1 atom stereocenters. The Bertz CT molecular complexity index is 271. The van der Waals surface area contributed by atoms with Gasteiger partial charge in [0.25, 0.3) is 0 Å². The van der Waals surface area contributed by atoms with Crippen molar-refractivity contribution in [1.82, 2.24) is 5.06 Å². The Morgan fingerprint density at radius 3 is 1.94 bits per heavy atom. The lowest BCUT2D eigenvalue weighted by molar-refractivity contribution is -0.195. The average molecular weight is 231 g/mol. The highest BCUT2D eigenvalue weighted by Gasteiger charge is 2.31. The van der Waals surface area contributed by atoms with Crippen molar-refractivity contribution >= 4 is 12.0 Å². The molecule has 0 radical (unpaired) electrons. The van der Waals surface area contributed by atoms with Gasteiger partial charge in [0.2, 0.25) is 0 Å². The Morgan fingerprint density at radius 2 is 1.69 bits per heavy atom. The third kappa shape index (κ3) is 4.06. The van der Waals surface area contributed by atoms with Crippen LogP contribution in [0.3, 0.4) is 0 Å². The number of hydrogen-bond acceptors (Lipinski definition) is 4. The summed E-state index contributed by atoms with van der Waals surface area (Å²) >= 11 is 0. The molecule has 0 saturated carbocycles. The molecular formula is C10H21N3O3. The van der Waals surface area contributed by atoms with Crippen LogP contribution >= 0.6 is 0 Å². The molecule has 6 nitrogen and oxygen atoms in total. The van der Waals surface area contributed by atoms with Crippen molar-refractivity contribution in [3.8, 4) is 0 Å². The van der Waals surface area contributed by atoms with E-state index in [1.165, 1.54) is 0 Å². The molecule has 0 bridgehead atoms. The molecule has 0 aromatic carbocycles. The second kappa shape index (κ2) is 5.16. The van der Waals surface area contributed by atoms with Gasteiger partial charge in [-0.15, -0.1) is 5.06 Å². The van der Waals surface area contributed by atoms with Crippen LogP contribution < -0.4 is 11.5 Å². The molecule has 0 aliphatic rings. The summed E-state index contributed by atoms with van der Waals surface area (Å²) < 4.78 is 0. The van der Waals surface area contributed by atoms with Crippen molar-refractivity contribution in [1.29, 1.82) is 0 Å². The van der Waals surface area contributed by atoms with E-state index in [0.717, 1.165) is 5.06 Å². The molecule has 0 spiro atoms. The van der Waals surface area contributed by atoms with Crippen molar-refractivity contribution < 1.29 is 14.4 Å². The van der Waals surface area contributed by atoms with E-state index in [0.29, 0.717) is 0 Å². The Hall–Kier alpha value is -1.30. The third-order valence-corrected chi connectivity index (χ3v) is 1.98. The van der Waals surface area contributed by atoms with Crippen LogP contribution in [0, 0.1) is 5.92 Å². The summed E-state index contributed by atoms with van der Waals surface area (Å²) in [6.45, 7) is 8.68. The molecule has 6 heteroatoms. The normalized spacial score (nSPS) is 13.4. The smallest absolute Gasteiger partial charge is 0.349 e. The molecule has 0 aromatic heterocycles. The maximum Gasteiger partial charge on any atom is 0.349 e. The first kappa shape index (κ1) is 14.7. The van der Waals surface area contributed by atoms with E-state index < -0.39 is 23.6 Å². The number of carbonyl (C=O) groups excluding carboxylic acids is 2. The van der Waals surface area contributed by atoms with Crippen molar-refractivity contribution in [2.45, 2.75) is 46.2 Å². The van der Waals surface area contributed by atoms with E-state index in [9.17, 15) is 9.59 Å². The maximum atomic E-state index is 11.5. The van der Waals surface area contributed by atoms with Crippen LogP contribution in [0.4, 0.5) is 4.79 Å². The van der Waals surface area contributed by atoms with Crippen molar-refractivity contribution in [2.24, 2.45) is 17.4 Å². The lowest BCUT2D eigenvalue weighted by atomic mass is 10.1. The summed E-state index contributed by atoms with van der Waals surface area (Å²) in [7, 11) is 0. The quantitative estimate of drug-likeness (QED) is 0.680. The first-order chi connectivity index (χ1) is 7.07. The van der Waals surface area contributed by atoms with Gasteiger partial charge in [0.1, 0.15) is 6.04 Å². The molecule has 0 fully saturated rings. The number of hydrogen-bond donors (Lipinski definition) is 2. The van der Waals surface area contributed by atoms with E-state index in [4.69, 9.17) is 16.3 Å². The van der Waals surface area contributed by atoms with Crippen LogP contribution in [0.15, 0.2) is 0 Å². The molecule has 0 saturated heterocycles. The zero-order chi connectivity index (χ0) is 13.1. The Kier molecular flexibility index (Phi) is 4.74. The summed E-state index contributed by atoms with van der Waals surface area (Å²) in [6.07, 6.45) is 0. The molecule has 0 unspecified atom stereocenters. The van der Waals surface area contributed by atoms with Crippen LogP contribution in [0.25, 0.3) is 0 Å². The van der Waals surface area contributed by atoms with E-state index in [1.807, 2.05) is 0 Å². The number of amides is 2. The number of rotatable bonds is 2. The zero-order valence-corrected chi connectivity index (χ0v) is 10.5. The van der Waals surface area contributed by atoms with Gasteiger partial charge in [-0.3, -0.25) is 0 Å². The van der Waals surface area contributed by atoms with Crippen molar-refractivity contribution in [2.75, 3.05) is 0 Å². The molecule has 4 N–H and O–H groups in total. The molecule has 94 valence electrons. The molecule has 0 aromatic rings. The van der Waals surface area contributed by atoms with Gasteiger partial charge in [0.15, 0.2) is 0 Å². The number of urea groups is 1. The van der Waals surface area contributed by atoms with Crippen LogP contribution in [-0.4, -0.2) is 28.6 Å². The van der Waals surface area contributed by atoms with Gasteiger partial charge in [-0.05, 0) is 26.7 Å². The van der Waals surface area contributed by atoms with Gasteiger partial charge in [-0.2, -0.15) is 0 Å². The maximum absolute atomic E-state index is 11.5. The average Bonchev–Trinajstić information content (AvgIpc) is 2.09. The Morgan fingerprint density at radius 1 is 1.25 bits per heavy atom. The van der Waals surface area contributed by atoms with Gasteiger partial charge in [-0.25, -0.2) is 9.59 Å². The van der Waals surface area contributed by atoms with E-state index in [1.54, 1.807) is 34.6 Å². The SMILES string of the molecule is CC(C)[C@H](N)C(=O)ON(C(N)=O)C(C)(C)C. The highest BCUT2D eigenvalue weighted by atomic mass is 16.7. The van der Waals surface area contributed by atoms with Gasteiger partial charge < -0.3 is 16.3 Å². The minimum Gasteiger partial charge on any atom is -0.349 e. The number of nitrogens with two attached hydrogens (primary N) is 2. The molecule has 0 heterocycles. The number of primary amides is 1. The first-order valence-corrected chi connectivity index (χ1v) is 5.14. The fourth-order valence-corrected chi connectivity index (χ4v) is 0.935. The highest BCUT2D eigenvalue weighted by Crippen LogP contribution is 2.14. The number of nitrogens with zero attached hydrogens (tertiary/aromatic N) is 1. The first-order valence-electron chi connectivity index (χ1n) is 5.14. The number of hydroxylamine groups is 2. The third-order valence-electron chi connectivity index (χ3n) is 1.98. The van der Waals surface area contributed by atoms with Gasteiger partial charge in [-0.1, -0.05) is 13.8 Å². The minimum absolute atomic E-state index is 0.0674. The number of carbonyl (C=O) groups is 2. The molecular weight excluding hydrogens is 210 g/mol. The van der Waals surface area contributed by atoms with Gasteiger partial charge in [0.05, 0.1) is 5.54 Å². The summed E-state index contributed by atoms with van der Waals surface area (Å²) in [5.41, 5.74) is 10.0. The van der Waals surface area contributed by atoms with E-state index in [2.05, 4.69) is 0 Å². The van der Waals surface area contributed by atoms with Crippen LogP contribution in [0.2, 0.25) is 0 Å². The predicted molar refractivity (Wildman–Crippen MR) is 60.1 cm³/mol. The van der Waals surface area contributed by atoms with Crippen LogP contribution in [0.1, 0.15) is 34.6 Å². The lowest BCUT2D eigenvalue weighted by Gasteiger charge is -2.32. The van der Waals surface area contributed by atoms with E-state index in [-0.39, 0.29) is 5.92 Å². The zero-order valence-electron chi connectivity index (χ0n) is 10.5. The predicted octanol–water partition coefficient (Wildman–Crippen LogP) is 0.607. The van der Waals surface area contributed by atoms with Crippen LogP contribution in [-0.2, 0) is 9.63 Å². The molecule has 0 rings (SSSR count).